The average molecular weight is 1430 g/mol. The van der Waals surface area contributed by atoms with Crippen LogP contribution in [0.3, 0.4) is 0 Å². The molecule has 0 bridgehead atoms. The molecule has 4 N–H and O–H groups in total. The van der Waals surface area contributed by atoms with Crippen molar-refractivity contribution in [2.45, 2.75) is 141 Å². The van der Waals surface area contributed by atoms with Crippen molar-refractivity contribution in [1.82, 2.24) is 19.9 Å². The Morgan fingerprint density at radius 3 is 1.27 bits per heavy atom. The van der Waals surface area contributed by atoms with Gasteiger partial charge in [0.15, 0.2) is 0 Å². The van der Waals surface area contributed by atoms with Crippen LogP contribution in [-0.2, 0) is 74.2 Å². The van der Waals surface area contributed by atoms with Gasteiger partial charge in [-0.15, -0.1) is 8.73 Å². The van der Waals surface area contributed by atoms with Crippen molar-refractivity contribution in [3.8, 4) is 11.8 Å². The van der Waals surface area contributed by atoms with E-state index in [9.17, 15) is 79.1 Å². The summed E-state index contributed by atoms with van der Waals surface area (Å²) in [6.07, 6.45) is -19.5. The third-order valence-electron chi connectivity index (χ3n) is 13.3. The number of alkyl halides is 12. The van der Waals surface area contributed by atoms with Gasteiger partial charge >= 0.3 is 36.5 Å². The first-order valence-electron chi connectivity index (χ1n) is 28.0. The second kappa shape index (κ2) is 32.1. The van der Waals surface area contributed by atoms with Crippen molar-refractivity contribution >= 4 is 70.3 Å². The fourth-order valence-electron chi connectivity index (χ4n) is 7.64. The number of amides is 2. The number of hydrogen-bond donors (Lipinski definition) is 3. The first-order chi connectivity index (χ1) is 44.3. The number of nitrogens with zero attached hydrogens (tertiary/aromatic N) is 6. The van der Waals surface area contributed by atoms with Gasteiger partial charge in [-0.05, 0) is 137 Å². The maximum Gasteiger partial charge on any atom is 0.474 e. The predicted octanol–water partition coefficient (Wildman–Crippen LogP) is 14.5. The highest BCUT2D eigenvalue weighted by atomic mass is 35.5. The summed E-state index contributed by atoms with van der Waals surface area (Å²) in [4.78, 5) is 36.8. The van der Waals surface area contributed by atoms with Crippen molar-refractivity contribution in [2.24, 2.45) is 8.73 Å². The van der Waals surface area contributed by atoms with E-state index in [1.54, 1.807) is 39.0 Å². The van der Waals surface area contributed by atoms with Crippen LogP contribution in [0.1, 0.15) is 75.6 Å². The molecule has 0 spiro atoms. The van der Waals surface area contributed by atoms with Gasteiger partial charge in [-0.2, -0.15) is 71.1 Å². The number of aromatic nitrogens is 4. The SMILES string of the molecule is C[C@@H](OCc1ccccc1)[C@@H](C)Oc1nc(Cl)ncc1C(F)(F)F.C[C@@H](OCc1ccccc1)[C@@H](C)Oc1nc(Nc2ccc([S@@](=O)(=NC(=O)C(F)(F)F)C3CC3)cc2)ncc1C(F)(F)F.Nc1ccc([S@@](=O)(=NC(=O)C(F)(F)F)C2CC2)cc1.O=S(=O)(O)c1ccccc1. The van der Waals surface area contributed by atoms with Gasteiger partial charge in [0.1, 0.15) is 23.3 Å². The zero-order chi connectivity index (χ0) is 70.3. The zero-order valence-electron chi connectivity index (χ0n) is 50.1. The van der Waals surface area contributed by atoms with Crippen molar-refractivity contribution in [3.05, 3.63) is 179 Å². The Morgan fingerprint density at radius 2 is 0.916 bits per heavy atom. The number of ether oxygens (including phenoxy) is 4. The van der Waals surface area contributed by atoms with Crippen LogP contribution < -0.4 is 20.5 Å². The molecule has 514 valence electrons. The molecule has 95 heavy (non-hydrogen) atoms. The third kappa shape index (κ3) is 23.1. The van der Waals surface area contributed by atoms with Crippen LogP contribution in [0.25, 0.3) is 0 Å². The monoisotopic (exact) mass is 1430 g/mol. The fourth-order valence-corrected chi connectivity index (χ4v) is 12.8. The minimum atomic E-state index is -5.26. The van der Waals surface area contributed by atoms with E-state index in [2.05, 4.69) is 34.0 Å². The summed E-state index contributed by atoms with van der Waals surface area (Å²) < 4.78 is 238. The molecule has 19 nitrogen and oxygen atoms in total. The van der Waals surface area contributed by atoms with E-state index >= 15 is 0 Å². The Bertz CT molecular complexity index is 4090. The van der Waals surface area contributed by atoms with E-state index < -0.39 is 124 Å². The highest BCUT2D eigenvalue weighted by Crippen LogP contribution is 2.40. The Balaban J connectivity index is 0.000000226. The number of carbonyl (C=O) groups is 2. The fraction of sp³-hybridized carbons (Fsp3) is 0.333. The summed E-state index contributed by atoms with van der Waals surface area (Å²) in [5, 5.41) is 1.18. The van der Waals surface area contributed by atoms with E-state index in [4.69, 9.17) is 40.8 Å². The van der Waals surface area contributed by atoms with E-state index in [0.717, 1.165) is 11.1 Å². The Morgan fingerprint density at radius 1 is 0.547 bits per heavy atom. The van der Waals surface area contributed by atoms with Crippen molar-refractivity contribution in [2.75, 3.05) is 11.1 Å². The summed E-state index contributed by atoms with van der Waals surface area (Å²) in [5.41, 5.74) is 5.63. The van der Waals surface area contributed by atoms with E-state index in [1.165, 1.54) is 67.6 Å². The summed E-state index contributed by atoms with van der Waals surface area (Å²) in [6.45, 7) is 7.05. The van der Waals surface area contributed by atoms with E-state index in [0.29, 0.717) is 50.4 Å². The average Bonchev–Trinajstić information content (AvgIpc) is 1.67. The number of nitrogens with two attached hydrogens (primary N) is 1. The number of nitrogen functional groups attached to an aromatic ring is 1. The molecule has 2 aliphatic rings. The second-order valence-corrected chi connectivity index (χ2v) is 27.4. The summed E-state index contributed by atoms with van der Waals surface area (Å²) in [7, 11) is -11.1. The molecule has 2 aliphatic carbocycles. The highest BCUT2D eigenvalue weighted by Gasteiger charge is 2.45. The minimum absolute atomic E-state index is 0.0741. The minimum Gasteiger partial charge on any atom is -0.471 e. The van der Waals surface area contributed by atoms with Crippen LogP contribution in [-0.4, -0.2) is 100 Å². The van der Waals surface area contributed by atoms with Crippen LogP contribution in [0.2, 0.25) is 5.28 Å². The molecule has 2 saturated carbocycles. The first kappa shape index (κ1) is 76.0. The molecular formula is C60H59ClF12N8O11S3. The van der Waals surface area contributed by atoms with Gasteiger partial charge in [0.05, 0.1) is 49.8 Å². The molecule has 35 heteroatoms. The van der Waals surface area contributed by atoms with Crippen molar-refractivity contribution in [3.63, 3.8) is 0 Å². The van der Waals surface area contributed by atoms with Crippen molar-refractivity contribution < 1.29 is 103 Å². The molecular weight excluding hydrogens is 1370 g/mol. The van der Waals surface area contributed by atoms with Gasteiger partial charge < -0.3 is 30.0 Å². The Labute approximate surface area is 542 Å². The highest BCUT2D eigenvalue weighted by molar-refractivity contribution is 7.95. The molecule has 0 radical (unpaired) electrons. The maximum absolute atomic E-state index is 13.7. The van der Waals surface area contributed by atoms with Crippen LogP contribution in [0.5, 0.6) is 11.8 Å². The smallest absolute Gasteiger partial charge is 0.471 e. The van der Waals surface area contributed by atoms with Crippen LogP contribution >= 0.6 is 11.6 Å². The number of rotatable bonds is 19. The van der Waals surface area contributed by atoms with Gasteiger partial charge in [0.2, 0.25) is 23.0 Å². The van der Waals surface area contributed by atoms with Crippen LogP contribution in [0, 0.1) is 0 Å². The molecule has 2 aromatic heterocycles. The Hall–Kier alpha value is -8.02. The van der Waals surface area contributed by atoms with Crippen molar-refractivity contribution in [1.29, 1.82) is 0 Å². The standard InChI is InChI=1S/C27H26F6N4O4S.C16H16ClF3N2O2.C11H11F3N2O2S.C6H6O3S/c1-16(40-15-18-6-4-3-5-7-18)17(2)41-23-22(26(28,29)30)14-34-25(36-23)35-19-8-10-20(11-9-19)42(39,21-12-13-21)37-24(38)27(31,32)33;1-10(23-9-12-6-4-3-5-7-12)11(2)24-14-13(16(18,19)20)8-21-15(17)22-14;12-11(13,14)10(17)16-19(18,9-5-6-9)8-3-1-7(15)2-4-8;7-10(8,9)6-4-2-1-3-5-6/h3-11,14,16-17,21H,12-13,15H2,1-2H3,(H,34,35,36);3-8,10-11H,9H2,1-2H3;1-4,9H,5-6,15H2;1-5H,(H,7,8,9)/t16-,17-,42+;10-,11-;19-;/m110./s1. The molecule has 0 saturated heterocycles. The molecule has 5 aromatic carbocycles. The molecule has 0 aliphatic heterocycles. The lowest BCUT2D eigenvalue weighted by Gasteiger charge is -2.23. The number of hydrogen-bond acceptors (Lipinski definition) is 16. The lowest BCUT2D eigenvalue weighted by atomic mass is 10.2. The first-order valence-corrected chi connectivity index (χ1v) is 32.9. The summed E-state index contributed by atoms with van der Waals surface area (Å²) in [6, 6.07) is 36.7. The molecule has 6 atom stereocenters. The largest absolute Gasteiger partial charge is 0.474 e. The zero-order valence-corrected chi connectivity index (χ0v) is 53.3. The Kier molecular flexibility index (Phi) is 25.7. The lowest BCUT2D eigenvalue weighted by molar-refractivity contribution is -0.169. The summed E-state index contributed by atoms with van der Waals surface area (Å²) in [5.74, 6) is -6.34. The third-order valence-corrected chi connectivity index (χ3v) is 19.9. The maximum atomic E-state index is 13.7. The predicted molar refractivity (Wildman–Crippen MR) is 323 cm³/mol. The summed E-state index contributed by atoms with van der Waals surface area (Å²) >= 11 is 5.57. The quantitative estimate of drug-likeness (QED) is 0.0294. The molecule has 2 fully saturated rings. The van der Waals surface area contributed by atoms with E-state index in [1.807, 2.05) is 60.7 Å². The number of anilines is 3. The molecule has 0 unspecified atom stereocenters. The van der Waals surface area contributed by atoms with Crippen LogP contribution in [0.4, 0.5) is 70.0 Å². The molecule has 2 amide bonds. The normalized spacial score (nSPS) is 15.9. The number of halogens is 13. The number of carbonyl (C=O) groups excluding carboxylic acids is 2. The molecule has 9 rings (SSSR count). The van der Waals surface area contributed by atoms with Gasteiger partial charge in [0, 0.05) is 44.1 Å². The lowest BCUT2D eigenvalue weighted by Crippen LogP contribution is -2.30. The van der Waals surface area contributed by atoms with Gasteiger partial charge in [-0.1, -0.05) is 78.9 Å². The van der Waals surface area contributed by atoms with E-state index in [-0.39, 0.29) is 38.2 Å². The number of benzene rings is 5. The number of nitrogens with one attached hydrogen (secondary N) is 1. The van der Waals surface area contributed by atoms with Crippen LogP contribution in [0.15, 0.2) is 175 Å². The van der Waals surface area contributed by atoms with Gasteiger partial charge in [0.25, 0.3) is 10.1 Å². The second-order valence-electron chi connectivity index (χ2n) is 20.7. The van der Waals surface area contributed by atoms with Gasteiger partial charge in [-0.25, -0.2) is 18.4 Å². The molecule has 7 aromatic rings. The topological polar surface area (TPSA) is 274 Å². The molecule has 2 heterocycles. The van der Waals surface area contributed by atoms with Gasteiger partial charge in [-0.3, -0.25) is 14.1 Å².